The monoisotopic (exact) mass is 470 g/mol. The standard InChI is InChI=1S/C28H30N4OS/c1-2-7-24-29-26(25-22-10-5-6-11-23(22)34-27(25)30-24)31-14-16-32(17-15-31)28(33)21-13-12-19-8-3-4-9-20(19)18-21/h3-4,8-9,12-13,18H,2,5-7,10-11,14-17H2,1H3. The van der Waals surface area contributed by atoms with Gasteiger partial charge in [-0.3, -0.25) is 4.79 Å². The first-order valence-electron chi connectivity index (χ1n) is 12.6. The molecule has 1 aliphatic heterocycles. The third-order valence-corrected chi connectivity index (χ3v) is 8.36. The van der Waals surface area contributed by atoms with E-state index in [9.17, 15) is 4.79 Å². The summed E-state index contributed by atoms with van der Waals surface area (Å²) in [5.74, 6) is 2.18. The number of hydrogen-bond acceptors (Lipinski definition) is 5. The van der Waals surface area contributed by atoms with Gasteiger partial charge in [-0.1, -0.05) is 37.3 Å². The summed E-state index contributed by atoms with van der Waals surface area (Å²) in [4.78, 5) is 30.4. The van der Waals surface area contributed by atoms with Gasteiger partial charge in [-0.15, -0.1) is 11.3 Å². The van der Waals surface area contributed by atoms with Crippen molar-refractivity contribution in [2.45, 2.75) is 45.4 Å². The maximum atomic E-state index is 13.3. The molecular formula is C28H30N4OS. The first-order valence-corrected chi connectivity index (χ1v) is 13.4. The van der Waals surface area contributed by atoms with Crippen molar-refractivity contribution in [1.29, 1.82) is 0 Å². The van der Waals surface area contributed by atoms with Crippen LogP contribution in [0.5, 0.6) is 0 Å². The van der Waals surface area contributed by atoms with E-state index in [1.165, 1.54) is 40.5 Å². The van der Waals surface area contributed by atoms with Crippen molar-refractivity contribution in [1.82, 2.24) is 14.9 Å². The maximum absolute atomic E-state index is 13.3. The van der Waals surface area contributed by atoms with Crippen molar-refractivity contribution in [2.75, 3.05) is 31.1 Å². The largest absolute Gasteiger partial charge is 0.352 e. The van der Waals surface area contributed by atoms with Crippen LogP contribution in [0.1, 0.15) is 52.8 Å². The minimum atomic E-state index is 0.123. The molecule has 4 aromatic rings. The van der Waals surface area contributed by atoms with Crippen LogP contribution in [-0.2, 0) is 19.3 Å². The number of carbonyl (C=O) groups is 1. The number of nitrogens with zero attached hydrogens (tertiary/aromatic N) is 4. The minimum absolute atomic E-state index is 0.123. The lowest BCUT2D eigenvalue weighted by atomic mass is 9.97. The quantitative estimate of drug-likeness (QED) is 0.387. The Balaban J connectivity index is 1.26. The number of benzene rings is 2. The molecule has 1 saturated heterocycles. The Hall–Kier alpha value is -2.99. The molecule has 0 N–H and O–H groups in total. The molecule has 2 aromatic carbocycles. The molecule has 34 heavy (non-hydrogen) atoms. The zero-order chi connectivity index (χ0) is 23.1. The summed E-state index contributed by atoms with van der Waals surface area (Å²) in [7, 11) is 0. The Morgan fingerprint density at radius 1 is 0.971 bits per heavy atom. The van der Waals surface area contributed by atoms with Gasteiger partial charge in [0.25, 0.3) is 5.91 Å². The van der Waals surface area contributed by atoms with Crippen molar-refractivity contribution in [3.05, 3.63) is 64.3 Å². The molecule has 0 unspecified atom stereocenters. The SMILES string of the molecule is CCCc1nc(N2CCN(C(=O)c3ccc4ccccc4c3)CC2)c2c3c(sc2n1)CCCC3. The van der Waals surface area contributed by atoms with Crippen molar-refractivity contribution in [3.63, 3.8) is 0 Å². The lowest BCUT2D eigenvalue weighted by Crippen LogP contribution is -2.49. The van der Waals surface area contributed by atoms with Crippen molar-refractivity contribution in [3.8, 4) is 0 Å². The lowest BCUT2D eigenvalue weighted by Gasteiger charge is -2.36. The summed E-state index contributed by atoms with van der Waals surface area (Å²) in [5, 5.41) is 3.56. The Labute approximate surface area is 204 Å². The molecule has 6 heteroatoms. The normalized spacial score (nSPS) is 16.3. The summed E-state index contributed by atoms with van der Waals surface area (Å²) in [6, 6.07) is 14.2. The first-order chi connectivity index (χ1) is 16.7. The molecular weight excluding hydrogens is 440 g/mol. The van der Waals surface area contributed by atoms with Gasteiger partial charge >= 0.3 is 0 Å². The summed E-state index contributed by atoms with van der Waals surface area (Å²) >= 11 is 1.88. The van der Waals surface area contributed by atoms with Crippen LogP contribution in [0.15, 0.2) is 42.5 Å². The highest BCUT2D eigenvalue weighted by molar-refractivity contribution is 7.19. The number of aryl methyl sites for hydroxylation is 3. The fourth-order valence-electron chi connectivity index (χ4n) is 5.37. The topological polar surface area (TPSA) is 49.3 Å². The number of carbonyl (C=O) groups excluding carboxylic acids is 1. The zero-order valence-corrected chi connectivity index (χ0v) is 20.5. The van der Waals surface area contributed by atoms with Gasteiger partial charge in [0.05, 0.1) is 5.39 Å². The van der Waals surface area contributed by atoms with Crippen molar-refractivity contribution in [2.24, 2.45) is 0 Å². The number of anilines is 1. The van der Waals surface area contributed by atoms with E-state index in [0.717, 1.165) is 59.8 Å². The summed E-state index contributed by atoms with van der Waals surface area (Å²) in [5.41, 5.74) is 2.26. The Morgan fingerprint density at radius 2 is 1.76 bits per heavy atom. The van der Waals surface area contributed by atoms with Crippen LogP contribution in [0.4, 0.5) is 5.82 Å². The molecule has 0 bridgehead atoms. The van der Waals surface area contributed by atoms with E-state index >= 15 is 0 Å². The first kappa shape index (κ1) is 21.5. The minimum Gasteiger partial charge on any atom is -0.352 e. The molecule has 1 aliphatic carbocycles. The predicted octanol–water partition coefficient (Wildman–Crippen LogP) is 5.64. The van der Waals surface area contributed by atoms with E-state index < -0.39 is 0 Å². The molecule has 2 aliphatic rings. The molecule has 0 atom stereocenters. The number of hydrogen-bond donors (Lipinski definition) is 0. The number of fused-ring (bicyclic) bond motifs is 4. The molecule has 6 rings (SSSR count). The van der Waals surface area contributed by atoms with Crippen LogP contribution in [0.2, 0.25) is 0 Å². The molecule has 0 saturated carbocycles. The second kappa shape index (κ2) is 8.99. The zero-order valence-electron chi connectivity index (χ0n) is 19.7. The van der Waals surface area contributed by atoms with E-state index in [-0.39, 0.29) is 5.91 Å². The van der Waals surface area contributed by atoms with Crippen LogP contribution in [0.25, 0.3) is 21.0 Å². The highest BCUT2D eigenvalue weighted by Gasteiger charge is 2.27. The third-order valence-electron chi connectivity index (χ3n) is 7.18. The van der Waals surface area contributed by atoms with Crippen LogP contribution >= 0.6 is 11.3 Å². The second-order valence-corrected chi connectivity index (χ2v) is 10.5. The molecule has 0 spiro atoms. The van der Waals surface area contributed by atoms with Gasteiger partial charge in [0.2, 0.25) is 0 Å². The van der Waals surface area contributed by atoms with Crippen LogP contribution in [0, 0.1) is 0 Å². The van der Waals surface area contributed by atoms with E-state index in [0.29, 0.717) is 13.1 Å². The highest BCUT2D eigenvalue weighted by atomic mass is 32.1. The van der Waals surface area contributed by atoms with E-state index in [2.05, 4.69) is 24.0 Å². The molecule has 5 nitrogen and oxygen atoms in total. The summed E-state index contributed by atoms with van der Waals surface area (Å²) in [6.45, 7) is 5.23. The number of aromatic nitrogens is 2. The van der Waals surface area contributed by atoms with E-state index in [4.69, 9.17) is 9.97 Å². The highest BCUT2D eigenvalue weighted by Crippen LogP contribution is 2.40. The molecule has 2 aromatic heterocycles. The average molecular weight is 471 g/mol. The van der Waals surface area contributed by atoms with Gasteiger partial charge in [-0.2, -0.15) is 0 Å². The molecule has 174 valence electrons. The van der Waals surface area contributed by atoms with Crippen LogP contribution in [0.3, 0.4) is 0 Å². The molecule has 1 fully saturated rings. The van der Waals surface area contributed by atoms with Gasteiger partial charge in [0.1, 0.15) is 16.5 Å². The number of amides is 1. The fourth-order valence-corrected chi connectivity index (χ4v) is 6.65. The maximum Gasteiger partial charge on any atom is 0.253 e. The fraction of sp³-hybridized carbons (Fsp3) is 0.393. The van der Waals surface area contributed by atoms with Gasteiger partial charge in [-0.25, -0.2) is 9.97 Å². The average Bonchev–Trinajstić information content (AvgIpc) is 3.26. The van der Waals surface area contributed by atoms with Gasteiger partial charge in [-0.05, 0) is 60.6 Å². The van der Waals surface area contributed by atoms with E-state index in [1.54, 1.807) is 0 Å². The predicted molar refractivity (Wildman–Crippen MR) is 140 cm³/mol. The smallest absolute Gasteiger partial charge is 0.253 e. The molecule has 0 radical (unpaired) electrons. The number of piperazine rings is 1. The third kappa shape index (κ3) is 3.84. The molecule has 3 heterocycles. The second-order valence-electron chi connectivity index (χ2n) is 9.45. The van der Waals surface area contributed by atoms with Crippen molar-refractivity contribution >= 4 is 44.1 Å². The van der Waals surface area contributed by atoms with Gasteiger partial charge in [0.15, 0.2) is 0 Å². The summed E-state index contributed by atoms with van der Waals surface area (Å²) in [6.07, 6.45) is 6.80. The number of thiophene rings is 1. The van der Waals surface area contributed by atoms with E-state index in [1.807, 2.05) is 46.6 Å². The summed E-state index contributed by atoms with van der Waals surface area (Å²) < 4.78 is 0. The Bertz CT molecular complexity index is 1370. The Kier molecular flexibility index (Phi) is 5.69. The molecule has 1 amide bonds. The lowest BCUT2D eigenvalue weighted by molar-refractivity contribution is 0.0746. The van der Waals surface area contributed by atoms with Crippen LogP contribution in [-0.4, -0.2) is 47.0 Å². The number of rotatable bonds is 4. The Morgan fingerprint density at radius 3 is 2.59 bits per heavy atom. The van der Waals surface area contributed by atoms with Crippen LogP contribution < -0.4 is 4.90 Å². The van der Waals surface area contributed by atoms with Crippen molar-refractivity contribution < 1.29 is 4.79 Å². The van der Waals surface area contributed by atoms with Gasteiger partial charge in [0, 0.05) is 43.0 Å². The van der Waals surface area contributed by atoms with Gasteiger partial charge < -0.3 is 9.80 Å².